The van der Waals surface area contributed by atoms with E-state index in [9.17, 15) is 13.6 Å². The summed E-state index contributed by atoms with van der Waals surface area (Å²) in [5.41, 5.74) is 3.62. The quantitative estimate of drug-likeness (QED) is 0.327. The van der Waals surface area contributed by atoms with E-state index in [-0.39, 0.29) is 11.7 Å². The summed E-state index contributed by atoms with van der Waals surface area (Å²) < 4.78 is 37.2. The molecule has 1 unspecified atom stereocenters. The third-order valence-corrected chi connectivity index (χ3v) is 5.73. The lowest BCUT2D eigenvalue weighted by molar-refractivity contribution is -0.0496. The van der Waals surface area contributed by atoms with Crippen LogP contribution in [0.5, 0.6) is 11.5 Å². The molecule has 170 valence electrons. The molecule has 1 N–H and O–H groups in total. The Kier molecular flexibility index (Phi) is 5.90. The standard InChI is InChI=1S/C27H18ClF2NO3/c28-18-9-4-8-17(14-18)25-21-15-19(31-26(32)16-6-2-1-3-7-16)12-13-20(21)24-22(33-25)10-5-11-23(24)34-27(29)30/h1-15,25,27H,(H,31,32). The molecular weight excluding hydrogens is 460 g/mol. The highest BCUT2D eigenvalue weighted by Gasteiger charge is 2.31. The predicted octanol–water partition coefficient (Wildman–Crippen LogP) is 7.34. The summed E-state index contributed by atoms with van der Waals surface area (Å²) >= 11 is 6.23. The second kappa shape index (κ2) is 9.15. The van der Waals surface area contributed by atoms with E-state index in [0.29, 0.717) is 38.7 Å². The maximum Gasteiger partial charge on any atom is 0.387 e. The number of carbonyl (C=O) groups is 1. The molecule has 4 nitrogen and oxygen atoms in total. The average Bonchev–Trinajstić information content (AvgIpc) is 2.83. The second-order valence-corrected chi connectivity index (χ2v) is 8.12. The lowest BCUT2D eigenvalue weighted by Gasteiger charge is -2.30. The van der Waals surface area contributed by atoms with Crippen LogP contribution in [0, 0.1) is 0 Å². The van der Waals surface area contributed by atoms with E-state index in [0.717, 1.165) is 5.56 Å². The zero-order valence-electron chi connectivity index (χ0n) is 17.7. The van der Waals surface area contributed by atoms with Crippen molar-refractivity contribution in [1.29, 1.82) is 0 Å². The van der Waals surface area contributed by atoms with Crippen molar-refractivity contribution >= 4 is 23.2 Å². The smallest absolute Gasteiger partial charge is 0.387 e. The largest absolute Gasteiger partial charge is 0.480 e. The van der Waals surface area contributed by atoms with Gasteiger partial charge in [-0.15, -0.1) is 0 Å². The molecule has 4 aromatic rings. The number of rotatable bonds is 5. The van der Waals surface area contributed by atoms with Gasteiger partial charge in [-0.1, -0.05) is 54.1 Å². The molecule has 34 heavy (non-hydrogen) atoms. The lowest BCUT2D eigenvalue weighted by atomic mass is 9.88. The van der Waals surface area contributed by atoms with Crippen LogP contribution in [0.4, 0.5) is 14.5 Å². The Bertz CT molecular complexity index is 1360. The second-order valence-electron chi connectivity index (χ2n) is 7.68. The normalized spacial score (nSPS) is 14.1. The molecular formula is C27H18ClF2NO3. The minimum Gasteiger partial charge on any atom is -0.480 e. The van der Waals surface area contributed by atoms with Crippen LogP contribution < -0.4 is 14.8 Å². The van der Waals surface area contributed by atoms with Crippen molar-refractivity contribution in [2.45, 2.75) is 12.7 Å². The van der Waals surface area contributed by atoms with Crippen molar-refractivity contribution < 1.29 is 23.0 Å². The molecule has 0 aliphatic carbocycles. The minimum atomic E-state index is -2.98. The minimum absolute atomic E-state index is 0.0133. The number of alkyl halides is 2. The summed E-state index contributed by atoms with van der Waals surface area (Å²) in [7, 11) is 0. The van der Waals surface area contributed by atoms with Gasteiger partial charge in [0.25, 0.3) is 5.91 Å². The van der Waals surface area contributed by atoms with E-state index in [1.165, 1.54) is 6.07 Å². The highest BCUT2D eigenvalue weighted by Crippen LogP contribution is 2.50. The molecule has 0 saturated carbocycles. The number of carbonyl (C=O) groups excluding carboxylic acids is 1. The highest BCUT2D eigenvalue weighted by atomic mass is 35.5. The van der Waals surface area contributed by atoms with E-state index >= 15 is 0 Å². The predicted molar refractivity (Wildman–Crippen MR) is 127 cm³/mol. The Morgan fingerprint density at radius 3 is 2.50 bits per heavy atom. The molecule has 4 aromatic carbocycles. The summed E-state index contributed by atoms with van der Waals surface area (Å²) in [5, 5.41) is 3.43. The number of anilines is 1. The van der Waals surface area contributed by atoms with Gasteiger partial charge in [-0.25, -0.2) is 0 Å². The van der Waals surface area contributed by atoms with Crippen LogP contribution in [-0.2, 0) is 0 Å². The molecule has 5 rings (SSSR count). The first-order valence-corrected chi connectivity index (χ1v) is 10.9. The number of benzene rings is 4. The third kappa shape index (κ3) is 4.32. The van der Waals surface area contributed by atoms with Crippen LogP contribution >= 0.6 is 11.6 Å². The van der Waals surface area contributed by atoms with Crippen molar-refractivity contribution in [3.05, 3.63) is 113 Å². The molecule has 1 aliphatic rings. The van der Waals surface area contributed by atoms with E-state index in [1.807, 2.05) is 18.2 Å². The fourth-order valence-electron chi connectivity index (χ4n) is 4.05. The van der Waals surface area contributed by atoms with Gasteiger partial charge in [-0.2, -0.15) is 8.78 Å². The number of hydrogen-bond acceptors (Lipinski definition) is 3. The van der Waals surface area contributed by atoms with Crippen LogP contribution in [0.1, 0.15) is 27.6 Å². The maximum absolute atomic E-state index is 13.1. The molecule has 0 spiro atoms. The van der Waals surface area contributed by atoms with Crippen LogP contribution in [-0.4, -0.2) is 12.5 Å². The molecule has 1 atom stereocenters. The Labute approximate surface area is 199 Å². The van der Waals surface area contributed by atoms with Crippen LogP contribution in [0.3, 0.4) is 0 Å². The zero-order chi connectivity index (χ0) is 23.7. The molecule has 0 bridgehead atoms. The topological polar surface area (TPSA) is 47.6 Å². The highest BCUT2D eigenvalue weighted by molar-refractivity contribution is 6.30. The van der Waals surface area contributed by atoms with E-state index < -0.39 is 12.7 Å². The van der Waals surface area contributed by atoms with E-state index in [4.69, 9.17) is 21.1 Å². The van der Waals surface area contributed by atoms with E-state index in [2.05, 4.69) is 5.32 Å². The van der Waals surface area contributed by atoms with Crippen molar-refractivity contribution in [1.82, 2.24) is 0 Å². The van der Waals surface area contributed by atoms with Gasteiger partial charge in [0, 0.05) is 21.8 Å². The SMILES string of the molecule is O=C(Nc1ccc2c(c1)C(c1cccc(Cl)c1)Oc1cccc(OC(F)F)c1-2)c1ccccc1. The van der Waals surface area contributed by atoms with Gasteiger partial charge in [0.15, 0.2) is 0 Å². The number of hydrogen-bond donors (Lipinski definition) is 1. The summed E-state index contributed by atoms with van der Waals surface area (Å²) in [4.78, 5) is 12.7. The summed E-state index contributed by atoms with van der Waals surface area (Å²) in [5.74, 6) is 0.162. The number of nitrogens with one attached hydrogen (secondary N) is 1. The van der Waals surface area contributed by atoms with Crippen molar-refractivity contribution in [2.75, 3.05) is 5.32 Å². The summed E-state index contributed by atoms with van der Waals surface area (Å²) in [6.07, 6.45) is -0.573. The number of amides is 1. The third-order valence-electron chi connectivity index (χ3n) is 5.50. The van der Waals surface area contributed by atoms with Crippen LogP contribution in [0.25, 0.3) is 11.1 Å². The Balaban J connectivity index is 1.61. The van der Waals surface area contributed by atoms with Crippen LogP contribution in [0.15, 0.2) is 91.0 Å². The summed E-state index contributed by atoms with van der Waals surface area (Å²) in [6, 6.07) is 26.1. The van der Waals surface area contributed by atoms with Crippen molar-refractivity contribution in [3.63, 3.8) is 0 Å². The monoisotopic (exact) mass is 477 g/mol. The first-order valence-electron chi connectivity index (χ1n) is 10.5. The molecule has 0 aromatic heterocycles. The summed E-state index contributed by atoms with van der Waals surface area (Å²) in [6.45, 7) is -2.98. The Morgan fingerprint density at radius 2 is 1.74 bits per heavy atom. The number of fused-ring (bicyclic) bond motifs is 3. The molecule has 0 radical (unpaired) electrons. The maximum atomic E-state index is 13.1. The molecule has 0 fully saturated rings. The Morgan fingerprint density at radius 1 is 0.941 bits per heavy atom. The van der Waals surface area contributed by atoms with Gasteiger partial charge >= 0.3 is 6.61 Å². The number of halogens is 3. The fraction of sp³-hybridized carbons (Fsp3) is 0.0741. The van der Waals surface area contributed by atoms with Crippen molar-refractivity contribution in [3.8, 4) is 22.6 Å². The average molecular weight is 478 g/mol. The van der Waals surface area contributed by atoms with Crippen molar-refractivity contribution in [2.24, 2.45) is 0 Å². The number of ether oxygens (including phenoxy) is 2. The molecule has 1 amide bonds. The Hall–Kier alpha value is -3.90. The van der Waals surface area contributed by atoms with Gasteiger partial charge in [-0.05, 0) is 59.7 Å². The van der Waals surface area contributed by atoms with Gasteiger partial charge in [0.2, 0.25) is 0 Å². The van der Waals surface area contributed by atoms with Gasteiger partial charge in [0.05, 0.1) is 5.56 Å². The molecule has 1 heterocycles. The molecule has 1 aliphatic heterocycles. The van der Waals surface area contributed by atoms with Gasteiger partial charge in [-0.3, -0.25) is 4.79 Å². The van der Waals surface area contributed by atoms with E-state index in [1.54, 1.807) is 66.7 Å². The van der Waals surface area contributed by atoms with Gasteiger partial charge < -0.3 is 14.8 Å². The zero-order valence-corrected chi connectivity index (χ0v) is 18.4. The first kappa shape index (κ1) is 21.9. The molecule has 0 saturated heterocycles. The fourth-order valence-corrected chi connectivity index (χ4v) is 4.25. The first-order chi connectivity index (χ1) is 16.5. The van der Waals surface area contributed by atoms with Gasteiger partial charge in [0.1, 0.15) is 17.6 Å². The van der Waals surface area contributed by atoms with Crippen LogP contribution in [0.2, 0.25) is 5.02 Å². The lowest BCUT2D eigenvalue weighted by Crippen LogP contribution is -2.18. The molecule has 7 heteroatoms.